The fourth-order valence-corrected chi connectivity index (χ4v) is 2.22. The van der Waals surface area contributed by atoms with Gasteiger partial charge < -0.3 is 15.7 Å². The van der Waals surface area contributed by atoms with Crippen molar-refractivity contribution in [2.24, 2.45) is 5.92 Å². The molecule has 5 nitrogen and oxygen atoms in total. The molecule has 100 valence electrons. The molecule has 18 heavy (non-hydrogen) atoms. The highest BCUT2D eigenvalue weighted by molar-refractivity contribution is 7.18. The molecule has 0 aliphatic heterocycles. The normalized spacial score (nSPS) is 12.3. The van der Waals surface area contributed by atoms with Gasteiger partial charge in [0.15, 0.2) is 0 Å². The van der Waals surface area contributed by atoms with Crippen molar-refractivity contribution in [1.82, 2.24) is 5.32 Å². The Hall–Kier alpha value is -1.40. The summed E-state index contributed by atoms with van der Waals surface area (Å²) in [6.07, 6.45) is 0. The Balaban J connectivity index is 2.66. The van der Waals surface area contributed by atoms with Crippen LogP contribution in [0.5, 0.6) is 0 Å². The molecule has 0 radical (unpaired) electrons. The first-order chi connectivity index (χ1) is 8.43. The van der Waals surface area contributed by atoms with Gasteiger partial charge in [-0.05, 0) is 18.1 Å². The third-order valence-electron chi connectivity index (χ3n) is 2.45. The average Bonchev–Trinajstić information content (AvgIpc) is 2.72. The first-order valence-electron chi connectivity index (χ1n) is 5.73. The van der Waals surface area contributed by atoms with Crippen LogP contribution in [-0.4, -0.2) is 29.6 Å². The number of thiophene rings is 1. The summed E-state index contributed by atoms with van der Waals surface area (Å²) in [6, 6.07) is 3.08. The highest BCUT2D eigenvalue weighted by Gasteiger charge is 2.17. The molecule has 0 spiro atoms. The Labute approximate surface area is 110 Å². The number of nitrogens with one attached hydrogen (secondary N) is 2. The van der Waals surface area contributed by atoms with E-state index in [2.05, 4.69) is 10.6 Å². The lowest BCUT2D eigenvalue weighted by Gasteiger charge is -2.19. The van der Waals surface area contributed by atoms with E-state index >= 15 is 0 Å². The zero-order valence-corrected chi connectivity index (χ0v) is 11.5. The molecular weight excluding hydrogens is 252 g/mol. The number of carbonyl (C=O) groups excluding carboxylic acids is 2. The van der Waals surface area contributed by atoms with Gasteiger partial charge in [-0.25, -0.2) is 0 Å². The predicted octanol–water partition coefficient (Wildman–Crippen LogP) is 1.45. The van der Waals surface area contributed by atoms with Crippen LogP contribution in [0.3, 0.4) is 0 Å². The lowest BCUT2D eigenvalue weighted by Crippen LogP contribution is -2.40. The van der Waals surface area contributed by atoms with Crippen molar-refractivity contribution in [3.05, 3.63) is 17.0 Å². The Kier molecular flexibility index (Phi) is 5.30. The van der Waals surface area contributed by atoms with Crippen LogP contribution >= 0.6 is 11.3 Å². The standard InChI is InChI=1S/C12H18N2O3S/c1-7(2)9(6-15)14-12(17)10-4-5-11(18-10)13-8(3)16/h4-5,7,9,15H,6H2,1-3H3,(H,13,16)(H,14,17). The second kappa shape index (κ2) is 6.51. The van der Waals surface area contributed by atoms with E-state index < -0.39 is 0 Å². The van der Waals surface area contributed by atoms with E-state index in [1.165, 1.54) is 18.3 Å². The van der Waals surface area contributed by atoms with Crippen molar-refractivity contribution in [1.29, 1.82) is 0 Å². The zero-order chi connectivity index (χ0) is 13.7. The van der Waals surface area contributed by atoms with Crippen molar-refractivity contribution >= 4 is 28.2 Å². The van der Waals surface area contributed by atoms with Gasteiger partial charge in [-0.2, -0.15) is 0 Å². The highest BCUT2D eigenvalue weighted by Crippen LogP contribution is 2.22. The van der Waals surface area contributed by atoms with Gasteiger partial charge in [-0.3, -0.25) is 9.59 Å². The van der Waals surface area contributed by atoms with E-state index in [1.807, 2.05) is 13.8 Å². The van der Waals surface area contributed by atoms with Crippen LogP contribution in [-0.2, 0) is 4.79 Å². The van der Waals surface area contributed by atoms with Gasteiger partial charge in [0.05, 0.1) is 22.5 Å². The van der Waals surface area contributed by atoms with Crippen LogP contribution in [0.15, 0.2) is 12.1 Å². The fraction of sp³-hybridized carbons (Fsp3) is 0.500. The molecule has 1 heterocycles. The van der Waals surface area contributed by atoms with Gasteiger partial charge in [-0.1, -0.05) is 13.8 Å². The first-order valence-corrected chi connectivity index (χ1v) is 6.54. The number of carbonyl (C=O) groups is 2. The van der Waals surface area contributed by atoms with Gasteiger partial charge in [0.1, 0.15) is 0 Å². The molecule has 0 aliphatic rings. The molecule has 6 heteroatoms. The molecule has 0 aliphatic carbocycles. The SMILES string of the molecule is CC(=O)Nc1ccc(C(=O)NC(CO)C(C)C)s1. The number of aliphatic hydroxyl groups excluding tert-OH is 1. The Morgan fingerprint density at radius 1 is 1.39 bits per heavy atom. The van der Waals surface area contributed by atoms with E-state index in [0.717, 1.165) is 0 Å². The quantitative estimate of drug-likeness (QED) is 0.758. The minimum Gasteiger partial charge on any atom is -0.394 e. The molecule has 1 atom stereocenters. The summed E-state index contributed by atoms with van der Waals surface area (Å²) in [4.78, 5) is 23.3. The van der Waals surface area contributed by atoms with Gasteiger partial charge in [0.25, 0.3) is 5.91 Å². The molecule has 0 fully saturated rings. The summed E-state index contributed by atoms with van der Waals surface area (Å²) in [5, 5.41) is 15.2. The van der Waals surface area contributed by atoms with Crippen molar-refractivity contribution in [2.75, 3.05) is 11.9 Å². The molecule has 1 aromatic heterocycles. The third kappa shape index (κ3) is 4.12. The fourth-order valence-electron chi connectivity index (χ4n) is 1.36. The van der Waals surface area contributed by atoms with Crippen LogP contribution in [0.2, 0.25) is 0 Å². The second-order valence-corrected chi connectivity index (χ2v) is 5.44. The maximum Gasteiger partial charge on any atom is 0.261 e. The van der Waals surface area contributed by atoms with Gasteiger partial charge in [0.2, 0.25) is 5.91 Å². The molecule has 0 saturated heterocycles. The van der Waals surface area contributed by atoms with E-state index in [1.54, 1.807) is 12.1 Å². The minimum absolute atomic E-state index is 0.0899. The smallest absolute Gasteiger partial charge is 0.261 e. The van der Waals surface area contributed by atoms with Crippen molar-refractivity contribution in [3.8, 4) is 0 Å². The number of aliphatic hydroxyl groups is 1. The number of hydrogen-bond donors (Lipinski definition) is 3. The largest absolute Gasteiger partial charge is 0.394 e. The number of hydrogen-bond acceptors (Lipinski definition) is 4. The van der Waals surface area contributed by atoms with E-state index in [9.17, 15) is 9.59 Å². The van der Waals surface area contributed by atoms with Crippen molar-refractivity contribution < 1.29 is 14.7 Å². The molecule has 1 unspecified atom stereocenters. The second-order valence-electron chi connectivity index (χ2n) is 4.35. The number of amides is 2. The summed E-state index contributed by atoms with van der Waals surface area (Å²) in [5.41, 5.74) is 0. The topological polar surface area (TPSA) is 78.4 Å². The highest BCUT2D eigenvalue weighted by atomic mass is 32.1. The maximum absolute atomic E-state index is 11.9. The van der Waals surface area contributed by atoms with Crippen LogP contribution in [0.4, 0.5) is 5.00 Å². The molecule has 3 N–H and O–H groups in total. The van der Waals surface area contributed by atoms with E-state index in [4.69, 9.17) is 5.11 Å². The first kappa shape index (κ1) is 14.7. The van der Waals surface area contributed by atoms with Crippen LogP contribution in [0.1, 0.15) is 30.4 Å². The third-order valence-corrected chi connectivity index (χ3v) is 3.45. The van der Waals surface area contributed by atoms with E-state index in [0.29, 0.717) is 9.88 Å². The minimum atomic E-state index is -0.260. The maximum atomic E-state index is 11.9. The van der Waals surface area contributed by atoms with Crippen molar-refractivity contribution in [2.45, 2.75) is 26.8 Å². The number of anilines is 1. The summed E-state index contributed by atoms with van der Waals surface area (Å²) in [5.74, 6) is -0.239. The lowest BCUT2D eigenvalue weighted by molar-refractivity contribution is -0.114. The van der Waals surface area contributed by atoms with Crippen LogP contribution < -0.4 is 10.6 Å². The van der Waals surface area contributed by atoms with Crippen molar-refractivity contribution in [3.63, 3.8) is 0 Å². The molecule has 1 rings (SSSR count). The molecule has 0 aromatic carbocycles. The number of rotatable bonds is 5. The molecular formula is C12H18N2O3S. The summed E-state index contributed by atoms with van der Waals surface area (Å²) < 4.78 is 0. The Bertz CT molecular complexity index is 429. The zero-order valence-electron chi connectivity index (χ0n) is 10.7. The summed E-state index contributed by atoms with van der Waals surface area (Å²) in [7, 11) is 0. The molecule has 1 aromatic rings. The van der Waals surface area contributed by atoms with E-state index in [-0.39, 0.29) is 30.4 Å². The van der Waals surface area contributed by atoms with Gasteiger partial charge in [-0.15, -0.1) is 11.3 Å². The average molecular weight is 270 g/mol. The lowest BCUT2D eigenvalue weighted by atomic mass is 10.1. The van der Waals surface area contributed by atoms with Gasteiger partial charge >= 0.3 is 0 Å². The van der Waals surface area contributed by atoms with Crippen LogP contribution in [0, 0.1) is 5.92 Å². The summed E-state index contributed by atoms with van der Waals surface area (Å²) >= 11 is 1.21. The monoisotopic (exact) mass is 270 g/mol. The van der Waals surface area contributed by atoms with Gasteiger partial charge in [0, 0.05) is 6.92 Å². The molecule has 2 amide bonds. The summed E-state index contributed by atoms with van der Waals surface area (Å²) in [6.45, 7) is 5.18. The van der Waals surface area contributed by atoms with Crippen LogP contribution in [0.25, 0.3) is 0 Å². The molecule has 0 saturated carbocycles. The Morgan fingerprint density at radius 3 is 2.56 bits per heavy atom. The molecule has 0 bridgehead atoms. The predicted molar refractivity (Wildman–Crippen MR) is 71.8 cm³/mol. The Morgan fingerprint density at radius 2 is 2.06 bits per heavy atom.